The van der Waals surface area contributed by atoms with Crippen molar-refractivity contribution in [2.45, 2.75) is 31.2 Å². The number of ether oxygens (including phenoxy) is 1. The Morgan fingerprint density at radius 3 is 2.62 bits per heavy atom. The molecule has 1 saturated heterocycles. The fraction of sp³-hybridized carbons (Fsp3) is 0.400. The van der Waals surface area contributed by atoms with Crippen LogP contribution < -0.4 is 0 Å². The van der Waals surface area contributed by atoms with Crippen LogP contribution in [0.25, 0.3) is 0 Å². The second kappa shape index (κ2) is 5.68. The minimum absolute atomic E-state index is 0.0582. The fourth-order valence-corrected chi connectivity index (χ4v) is 2.39. The SMILES string of the molecule is C#CC1(C(F)(F)F)CCCN1C(=O)OCc1ccccc1. The smallest absolute Gasteiger partial charge is 0.423 e. The lowest BCUT2D eigenvalue weighted by Gasteiger charge is -2.34. The van der Waals surface area contributed by atoms with Gasteiger partial charge < -0.3 is 4.74 Å². The Balaban J connectivity index is 2.10. The summed E-state index contributed by atoms with van der Waals surface area (Å²) in [7, 11) is 0. The maximum absolute atomic E-state index is 13.2. The first-order chi connectivity index (χ1) is 9.90. The molecule has 0 N–H and O–H groups in total. The van der Waals surface area contributed by atoms with E-state index in [4.69, 9.17) is 11.2 Å². The van der Waals surface area contributed by atoms with Gasteiger partial charge >= 0.3 is 12.3 Å². The maximum atomic E-state index is 13.2. The number of halogens is 3. The van der Waals surface area contributed by atoms with Gasteiger partial charge in [-0.1, -0.05) is 36.3 Å². The molecule has 112 valence electrons. The molecule has 1 aromatic rings. The van der Waals surface area contributed by atoms with Gasteiger partial charge in [0.1, 0.15) is 6.61 Å². The summed E-state index contributed by atoms with van der Waals surface area (Å²) in [4.78, 5) is 12.6. The second-order valence-corrected chi connectivity index (χ2v) is 4.80. The van der Waals surface area contributed by atoms with Crippen LogP contribution in [0, 0.1) is 12.3 Å². The third kappa shape index (κ3) is 2.82. The van der Waals surface area contributed by atoms with Gasteiger partial charge in [0.05, 0.1) is 0 Å². The van der Waals surface area contributed by atoms with Crippen LogP contribution in [0.1, 0.15) is 18.4 Å². The molecule has 1 amide bonds. The van der Waals surface area contributed by atoms with Crippen molar-refractivity contribution < 1.29 is 22.7 Å². The monoisotopic (exact) mass is 297 g/mol. The zero-order chi connectivity index (χ0) is 15.5. The van der Waals surface area contributed by atoms with E-state index in [1.54, 1.807) is 36.3 Å². The van der Waals surface area contributed by atoms with Crippen molar-refractivity contribution in [3.8, 4) is 12.3 Å². The number of hydrogen-bond acceptors (Lipinski definition) is 2. The summed E-state index contributed by atoms with van der Waals surface area (Å²) in [5.74, 6) is 1.75. The average Bonchev–Trinajstić information content (AvgIpc) is 2.91. The molecule has 0 aromatic heterocycles. The summed E-state index contributed by atoms with van der Waals surface area (Å²) in [5, 5.41) is 0. The van der Waals surface area contributed by atoms with E-state index in [1.165, 1.54) is 0 Å². The first kappa shape index (κ1) is 15.2. The summed E-state index contributed by atoms with van der Waals surface area (Å²) >= 11 is 0. The maximum Gasteiger partial charge on any atom is 0.423 e. The number of alkyl halides is 3. The molecule has 0 saturated carbocycles. The van der Waals surface area contributed by atoms with Crippen molar-refractivity contribution in [1.29, 1.82) is 0 Å². The number of terminal acetylenes is 1. The molecule has 1 fully saturated rings. The molecule has 3 nitrogen and oxygen atoms in total. The van der Waals surface area contributed by atoms with Crippen molar-refractivity contribution in [3.63, 3.8) is 0 Å². The Kier molecular flexibility index (Phi) is 4.12. The lowest BCUT2D eigenvalue weighted by molar-refractivity contribution is -0.197. The first-order valence-electron chi connectivity index (χ1n) is 6.43. The van der Waals surface area contributed by atoms with Crippen LogP contribution in [0.2, 0.25) is 0 Å². The molecular formula is C15H14F3NO2. The number of rotatable bonds is 2. The molecule has 0 spiro atoms. The van der Waals surface area contributed by atoms with E-state index in [1.807, 2.05) is 0 Å². The molecule has 0 radical (unpaired) electrons. The quantitative estimate of drug-likeness (QED) is 0.783. The highest BCUT2D eigenvalue weighted by atomic mass is 19.4. The van der Waals surface area contributed by atoms with E-state index in [9.17, 15) is 18.0 Å². The molecule has 6 heteroatoms. The number of carbonyl (C=O) groups excluding carboxylic acids is 1. The van der Waals surface area contributed by atoms with Crippen LogP contribution in [-0.2, 0) is 11.3 Å². The number of carbonyl (C=O) groups is 1. The Morgan fingerprint density at radius 2 is 2.05 bits per heavy atom. The molecule has 1 heterocycles. The Hall–Kier alpha value is -2.16. The van der Waals surface area contributed by atoms with Gasteiger partial charge in [-0.25, -0.2) is 4.79 Å². The van der Waals surface area contributed by atoms with Gasteiger partial charge in [0.15, 0.2) is 0 Å². The van der Waals surface area contributed by atoms with Gasteiger partial charge in [-0.2, -0.15) is 13.2 Å². The third-order valence-corrected chi connectivity index (χ3v) is 3.51. The normalized spacial score (nSPS) is 21.9. The summed E-state index contributed by atoms with van der Waals surface area (Å²) in [6.45, 7) is -0.147. The van der Waals surface area contributed by atoms with E-state index < -0.39 is 17.8 Å². The second-order valence-electron chi connectivity index (χ2n) is 4.80. The number of benzene rings is 1. The average molecular weight is 297 g/mol. The van der Waals surface area contributed by atoms with Crippen LogP contribution in [0.3, 0.4) is 0 Å². The molecule has 1 atom stereocenters. The topological polar surface area (TPSA) is 29.5 Å². The standard InChI is InChI=1S/C15H14F3NO2/c1-2-14(15(16,17)18)9-6-10-19(14)13(20)21-11-12-7-4-3-5-8-12/h1,3-5,7-8H,6,9-11H2. The van der Waals surface area contributed by atoms with Crippen molar-refractivity contribution in [2.75, 3.05) is 6.54 Å². The van der Waals surface area contributed by atoms with Crippen molar-refractivity contribution in [3.05, 3.63) is 35.9 Å². The Labute approximate surface area is 120 Å². The number of amides is 1. The molecule has 1 aliphatic rings. The van der Waals surface area contributed by atoms with E-state index in [0.29, 0.717) is 10.5 Å². The lowest BCUT2D eigenvalue weighted by Crippen LogP contribution is -2.56. The van der Waals surface area contributed by atoms with E-state index >= 15 is 0 Å². The molecule has 21 heavy (non-hydrogen) atoms. The van der Waals surface area contributed by atoms with E-state index in [-0.39, 0.29) is 26.0 Å². The summed E-state index contributed by atoms with van der Waals surface area (Å²) < 4.78 is 44.5. The molecule has 0 bridgehead atoms. The lowest BCUT2D eigenvalue weighted by atomic mass is 9.97. The predicted molar refractivity (Wildman–Crippen MR) is 70.2 cm³/mol. The summed E-state index contributed by atoms with van der Waals surface area (Å²) in [5.41, 5.74) is -1.86. The van der Waals surface area contributed by atoms with Gasteiger partial charge in [0, 0.05) is 6.54 Å². The minimum Gasteiger partial charge on any atom is -0.445 e. The highest BCUT2D eigenvalue weighted by Crippen LogP contribution is 2.43. The molecule has 2 rings (SSSR count). The first-order valence-corrected chi connectivity index (χ1v) is 6.43. The Bertz CT molecular complexity index is 550. The van der Waals surface area contributed by atoms with Crippen LogP contribution in [0.15, 0.2) is 30.3 Å². The van der Waals surface area contributed by atoms with Gasteiger partial charge in [-0.05, 0) is 18.4 Å². The van der Waals surface area contributed by atoms with Crippen LogP contribution in [0.4, 0.5) is 18.0 Å². The molecular weight excluding hydrogens is 283 g/mol. The molecule has 1 aromatic carbocycles. The molecule has 0 aliphatic carbocycles. The minimum atomic E-state index is -4.68. The highest BCUT2D eigenvalue weighted by Gasteiger charge is 2.61. The molecule has 1 aliphatic heterocycles. The third-order valence-electron chi connectivity index (χ3n) is 3.51. The van der Waals surface area contributed by atoms with Gasteiger partial charge in [-0.15, -0.1) is 6.42 Å². The zero-order valence-corrected chi connectivity index (χ0v) is 11.2. The summed E-state index contributed by atoms with van der Waals surface area (Å²) in [6, 6.07) is 8.73. The van der Waals surface area contributed by atoms with Gasteiger partial charge in [0.2, 0.25) is 5.54 Å². The van der Waals surface area contributed by atoms with Crippen molar-refractivity contribution >= 4 is 6.09 Å². The highest BCUT2D eigenvalue weighted by molar-refractivity contribution is 5.70. The van der Waals surface area contributed by atoms with E-state index in [2.05, 4.69) is 0 Å². The van der Waals surface area contributed by atoms with Gasteiger partial charge in [-0.3, -0.25) is 4.90 Å². The number of nitrogens with zero attached hydrogens (tertiary/aromatic N) is 1. The Morgan fingerprint density at radius 1 is 1.38 bits per heavy atom. The van der Waals surface area contributed by atoms with Crippen molar-refractivity contribution in [1.82, 2.24) is 4.90 Å². The van der Waals surface area contributed by atoms with Crippen LogP contribution in [0.5, 0.6) is 0 Å². The largest absolute Gasteiger partial charge is 0.445 e. The zero-order valence-electron chi connectivity index (χ0n) is 11.2. The van der Waals surface area contributed by atoms with Gasteiger partial charge in [0.25, 0.3) is 0 Å². The predicted octanol–water partition coefficient (Wildman–Crippen LogP) is 3.35. The number of hydrogen-bond donors (Lipinski definition) is 0. The van der Waals surface area contributed by atoms with E-state index in [0.717, 1.165) is 0 Å². The molecule has 1 unspecified atom stereocenters. The summed E-state index contributed by atoms with van der Waals surface area (Å²) in [6.07, 6.45) is -0.741. The van der Waals surface area contributed by atoms with Crippen LogP contribution in [-0.4, -0.2) is 29.3 Å². The van der Waals surface area contributed by atoms with Crippen molar-refractivity contribution in [2.24, 2.45) is 0 Å². The van der Waals surface area contributed by atoms with Crippen LogP contribution >= 0.6 is 0 Å². The fourth-order valence-electron chi connectivity index (χ4n) is 2.39. The number of likely N-dealkylation sites (tertiary alicyclic amines) is 1.